The summed E-state index contributed by atoms with van der Waals surface area (Å²) in [5.41, 5.74) is 2.17. The van der Waals surface area contributed by atoms with Crippen LogP contribution in [0.15, 0.2) is 18.5 Å². The maximum Gasteiger partial charge on any atom is 0.315 e. The van der Waals surface area contributed by atoms with Crippen LogP contribution in [0.1, 0.15) is 25.0 Å². The monoisotopic (exact) mass is 207 g/mol. The first kappa shape index (κ1) is 11.5. The summed E-state index contributed by atoms with van der Waals surface area (Å²) in [6, 6.07) is 1.93. The molecule has 2 amide bonds. The molecule has 0 radical (unpaired) electrons. The van der Waals surface area contributed by atoms with Crippen LogP contribution in [0.25, 0.3) is 0 Å². The van der Waals surface area contributed by atoms with Crippen molar-refractivity contribution in [2.24, 2.45) is 0 Å². The third kappa shape index (κ3) is 3.97. The Morgan fingerprint density at radius 1 is 1.53 bits per heavy atom. The molecule has 0 saturated heterocycles. The van der Waals surface area contributed by atoms with Crippen molar-refractivity contribution in [1.82, 2.24) is 15.6 Å². The van der Waals surface area contributed by atoms with Crippen LogP contribution in [0.2, 0.25) is 0 Å². The van der Waals surface area contributed by atoms with Gasteiger partial charge in [-0.3, -0.25) is 4.98 Å². The van der Waals surface area contributed by atoms with Crippen LogP contribution in [0, 0.1) is 6.92 Å². The summed E-state index contributed by atoms with van der Waals surface area (Å²) in [6.45, 7) is 6.37. The summed E-state index contributed by atoms with van der Waals surface area (Å²) >= 11 is 0. The van der Waals surface area contributed by atoms with Gasteiger partial charge in [-0.1, -0.05) is 0 Å². The molecule has 0 atom stereocenters. The lowest BCUT2D eigenvalue weighted by Crippen LogP contribution is -2.39. The highest BCUT2D eigenvalue weighted by atomic mass is 16.2. The van der Waals surface area contributed by atoms with E-state index in [1.807, 2.05) is 26.8 Å². The third-order valence-corrected chi connectivity index (χ3v) is 2.00. The van der Waals surface area contributed by atoms with E-state index < -0.39 is 0 Å². The van der Waals surface area contributed by atoms with Gasteiger partial charge in [0.1, 0.15) is 0 Å². The fraction of sp³-hybridized carbons (Fsp3) is 0.455. The van der Waals surface area contributed by atoms with Crippen molar-refractivity contribution in [3.05, 3.63) is 29.6 Å². The third-order valence-electron chi connectivity index (χ3n) is 2.00. The molecule has 0 aromatic carbocycles. The maximum atomic E-state index is 11.3. The Bertz CT molecular complexity index is 336. The highest BCUT2D eigenvalue weighted by Crippen LogP contribution is 2.03. The van der Waals surface area contributed by atoms with Crippen LogP contribution >= 0.6 is 0 Å². The van der Waals surface area contributed by atoms with E-state index >= 15 is 0 Å². The zero-order valence-electron chi connectivity index (χ0n) is 9.37. The molecule has 2 N–H and O–H groups in total. The van der Waals surface area contributed by atoms with Crippen molar-refractivity contribution >= 4 is 6.03 Å². The van der Waals surface area contributed by atoms with Crippen molar-refractivity contribution < 1.29 is 4.79 Å². The van der Waals surface area contributed by atoms with E-state index in [1.54, 1.807) is 12.4 Å². The predicted molar refractivity (Wildman–Crippen MR) is 59.5 cm³/mol. The van der Waals surface area contributed by atoms with E-state index in [0.29, 0.717) is 6.54 Å². The average Bonchev–Trinajstić information content (AvgIpc) is 2.15. The minimum absolute atomic E-state index is 0.138. The second-order valence-corrected chi connectivity index (χ2v) is 3.78. The molecule has 82 valence electrons. The number of aromatic nitrogens is 1. The fourth-order valence-electron chi connectivity index (χ4n) is 1.19. The number of hydrogen-bond donors (Lipinski definition) is 2. The van der Waals surface area contributed by atoms with Crippen LogP contribution < -0.4 is 10.6 Å². The van der Waals surface area contributed by atoms with E-state index in [-0.39, 0.29) is 12.1 Å². The number of rotatable bonds is 3. The highest BCUT2D eigenvalue weighted by Gasteiger charge is 2.03. The number of nitrogens with one attached hydrogen (secondary N) is 2. The second-order valence-electron chi connectivity index (χ2n) is 3.78. The number of aryl methyl sites for hydroxylation is 1. The molecule has 0 unspecified atom stereocenters. The summed E-state index contributed by atoms with van der Waals surface area (Å²) in [5.74, 6) is 0. The van der Waals surface area contributed by atoms with Crippen LogP contribution in [0.5, 0.6) is 0 Å². The van der Waals surface area contributed by atoms with Crippen LogP contribution in [-0.2, 0) is 6.54 Å². The normalized spacial score (nSPS) is 10.1. The fourth-order valence-corrected chi connectivity index (χ4v) is 1.19. The van der Waals surface area contributed by atoms with E-state index in [0.717, 1.165) is 11.1 Å². The van der Waals surface area contributed by atoms with Gasteiger partial charge in [0.05, 0.1) is 0 Å². The number of pyridine rings is 1. The van der Waals surface area contributed by atoms with Gasteiger partial charge in [-0.15, -0.1) is 0 Å². The lowest BCUT2D eigenvalue weighted by molar-refractivity contribution is 0.238. The highest BCUT2D eigenvalue weighted by molar-refractivity contribution is 5.74. The molecular formula is C11H17N3O. The molecule has 0 aliphatic heterocycles. The van der Waals surface area contributed by atoms with Gasteiger partial charge in [-0.25, -0.2) is 4.79 Å². The van der Waals surface area contributed by atoms with E-state index in [1.165, 1.54) is 0 Å². The van der Waals surface area contributed by atoms with E-state index in [4.69, 9.17) is 0 Å². The topological polar surface area (TPSA) is 54.0 Å². The molecule has 15 heavy (non-hydrogen) atoms. The van der Waals surface area contributed by atoms with Crippen molar-refractivity contribution in [2.45, 2.75) is 33.4 Å². The summed E-state index contributed by atoms with van der Waals surface area (Å²) in [6.07, 6.45) is 3.52. The van der Waals surface area contributed by atoms with Crippen LogP contribution in [-0.4, -0.2) is 17.1 Å². The molecule has 1 aromatic heterocycles. The van der Waals surface area contributed by atoms with Crippen LogP contribution in [0.3, 0.4) is 0 Å². The van der Waals surface area contributed by atoms with Gasteiger partial charge in [0.2, 0.25) is 0 Å². The molecule has 0 aliphatic rings. The zero-order valence-corrected chi connectivity index (χ0v) is 9.37. The van der Waals surface area contributed by atoms with Gasteiger partial charge in [0.25, 0.3) is 0 Å². The van der Waals surface area contributed by atoms with Gasteiger partial charge < -0.3 is 10.6 Å². The lowest BCUT2D eigenvalue weighted by atomic mass is 10.1. The van der Waals surface area contributed by atoms with Crippen molar-refractivity contribution in [3.63, 3.8) is 0 Å². The minimum Gasteiger partial charge on any atom is -0.336 e. The summed E-state index contributed by atoms with van der Waals surface area (Å²) in [5, 5.41) is 5.56. The second kappa shape index (κ2) is 5.34. The van der Waals surface area contributed by atoms with Gasteiger partial charge in [-0.05, 0) is 38.0 Å². The number of nitrogens with zero attached hydrogens (tertiary/aromatic N) is 1. The first-order chi connectivity index (χ1) is 7.09. The zero-order chi connectivity index (χ0) is 11.3. The number of hydrogen-bond acceptors (Lipinski definition) is 2. The smallest absolute Gasteiger partial charge is 0.315 e. The molecule has 0 saturated carbocycles. The first-order valence-electron chi connectivity index (χ1n) is 5.03. The molecule has 4 nitrogen and oxygen atoms in total. The van der Waals surface area contributed by atoms with Crippen molar-refractivity contribution in [1.29, 1.82) is 0 Å². The summed E-state index contributed by atoms with van der Waals surface area (Å²) < 4.78 is 0. The molecule has 0 fully saturated rings. The van der Waals surface area contributed by atoms with Crippen molar-refractivity contribution in [2.75, 3.05) is 0 Å². The Morgan fingerprint density at radius 3 is 2.87 bits per heavy atom. The molecule has 0 bridgehead atoms. The Labute approximate surface area is 90.1 Å². The summed E-state index contributed by atoms with van der Waals surface area (Å²) in [4.78, 5) is 15.3. The molecule has 0 spiro atoms. The SMILES string of the molecule is Cc1cnccc1CNC(=O)NC(C)C. The predicted octanol–water partition coefficient (Wildman–Crippen LogP) is 1.60. The minimum atomic E-state index is -0.138. The molecule has 4 heteroatoms. The number of carbonyl (C=O) groups excluding carboxylic acids is 1. The molecule has 1 heterocycles. The largest absolute Gasteiger partial charge is 0.336 e. The Balaban J connectivity index is 2.44. The maximum absolute atomic E-state index is 11.3. The lowest BCUT2D eigenvalue weighted by Gasteiger charge is -2.10. The molecule has 0 aliphatic carbocycles. The number of carbonyl (C=O) groups is 1. The van der Waals surface area contributed by atoms with Crippen molar-refractivity contribution in [3.8, 4) is 0 Å². The van der Waals surface area contributed by atoms with E-state index in [2.05, 4.69) is 15.6 Å². The Morgan fingerprint density at radius 2 is 2.27 bits per heavy atom. The Kier molecular flexibility index (Phi) is 4.09. The van der Waals surface area contributed by atoms with Gasteiger partial charge >= 0.3 is 6.03 Å². The standard InChI is InChI=1S/C11H17N3O/c1-8(2)14-11(15)13-7-10-4-5-12-6-9(10)3/h4-6,8H,7H2,1-3H3,(H2,13,14,15). The number of amides is 2. The quantitative estimate of drug-likeness (QED) is 0.791. The van der Waals surface area contributed by atoms with Crippen LogP contribution in [0.4, 0.5) is 4.79 Å². The van der Waals surface area contributed by atoms with Gasteiger partial charge in [0.15, 0.2) is 0 Å². The van der Waals surface area contributed by atoms with Gasteiger partial charge in [-0.2, -0.15) is 0 Å². The van der Waals surface area contributed by atoms with Gasteiger partial charge in [0, 0.05) is 25.0 Å². The average molecular weight is 207 g/mol. The molecule has 1 rings (SSSR count). The first-order valence-corrected chi connectivity index (χ1v) is 5.03. The Hall–Kier alpha value is -1.58. The summed E-state index contributed by atoms with van der Waals surface area (Å²) in [7, 11) is 0. The molecular weight excluding hydrogens is 190 g/mol. The molecule has 1 aromatic rings. The number of urea groups is 1. The van der Waals surface area contributed by atoms with E-state index in [9.17, 15) is 4.79 Å².